The lowest BCUT2D eigenvalue weighted by Gasteiger charge is -2.12. The van der Waals surface area contributed by atoms with Gasteiger partial charge in [0.15, 0.2) is 5.96 Å². The van der Waals surface area contributed by atoms with Crippen molar-refractivity contribution in [2.75, 3.05) is 21.3 Å². The Morgan fingerprint density at radius 3 is 2.08 bits per heavy atom. The first-order valence-electron chi connectivity index (χ1n) is 7.31. The van der Waals surface area contributed by atoms with Crippen molar-refractivity contribution in [3.8, 4) is 11.6 Å². The maximum absolute atomic E-state index is 5.15. The summed E-state index contributed by atoms with van der Waals surface area (Å²) >= 11 is 0. The predicted molar refractivity (Wildman–Crippen MR) is 106 cm³/mol. The van der Waals surface area contributed by atoms with Gasteiger partial charge in [-0.25, -0.2) is 4.98 Å². The number of hydrogen-bond donors (Lipinski definition) is 2. The van der Waals surface area contributed by atoms with E-state index in [1.165, 1.54) is 0 Å². The maximum atomic E-state index is 5.15. The highest BCUT2D eigenvalue weighted by atomic mass is 127. The van der Waals surface area contributed by atoms with Crippen LogP contribution < -0.4 is 20.1 Å². The van der Waals surface area contributed by atoms with Gasteiger partial charge >= 0.3 is 0 Å². The second kappa shape index (κ2) is 10.7. The molecule has 0 amide bonds. The highest BCUT2D eigenvalue weighted by molar-refractivity contribution is 14.0. The molecule has 0 aliphatic rings. The Kier molecular flexibility index (Phi) is 8.92. The highest BCUT2D eigenvalue weighted by Crippen LogP contribution is 2.11. The van der Waals surface area contributed by atoms with Crippen molar-refractivity contribution in [3.63, 3.8) is 0 Å². The van der Waals surface area contributed by atoms with E-state index >= 15 is 0 Å². The van der Waals surface area contributed by atoms with Gasteiger partial charge in [-0.05, 0) is 23.3 Å². The molecule has 0 bridgehead atoms. The van der Waals surface area contributed by atoms with Crippen LogP contribution in [0.5, 0.6) is 11.6 Å². The molecule has 24 heavy (non-hydrogen) atoms. The molecule has 6 nitrogen and oxygen atoms in total. The van der Waals surface area contributed by atoms with Crippen LogP contribution in [0.4, 0.5) is 0 Å². The average molecular weight is 442 g/mol. The zero-order chi connectivity index (χ0) is 16.5. The Morgan fingerprint density at radius 1 is 0.958 bits per heavy atom. The van der Waals surface area contributed by atoms with Crippen LogP contribution >= 0.6 is 24.0 Å². The van der Waals surface area contributed by atoms with Gasteiger partial charge in [-0.2, -0.15) is 0 Å². The smallest absolute Gasteiger partial charge is 0.212 e. The third kappa shape index (κ3) is 6.23. The van der Waals surface area contributed by atoms with Crippen molar-refractivity contribution >= 4 is 29.9 Å². The average Bonchev–Trinajstić information content (AvgIpc) is 2.62. The first-order valence-corrected chi connectivity index (χ1v) is 7.31. The summed E-state index contributed by atoms with van der Waals surface area (Å²) in [5.74, 6) is 2.19. The minimum Gasteiger partial charge on any atom is -0.497 e. The molecule has 2 rings (SSSR count). The number of hydrogen-bond acceptors (Lipinski definition) is 4. The van der Waals surface area contributed by atoms with Crippen LogP contribution in [0.15, 0.2) is 47.6 Å². The van der Waals surface area contributed by atoms with Crippen LogP contribution in [0.25, 0.3) is 0 Å². The number of ether oxygens (including phenoxy) is 2. The second-order valence-electron chi connectivity index (χ2n) is 4.84. The lowest BCUT2D eigenvalue weighted by atomic mass is 10.2. The molecule has 0 fully saturated rings. The number of benzene rings is 1. The van der Waals surface area contributed by atoms with Crippen LogP contribution in [0.1, 0.15) is 11.1 Å². The van der Waals surface area contributed by atoms with Gasteiger partial charge in [0.05, 0.1) is 14.2 Å². The maximum Gasteiger partial charge on any atom is 0.212 e. The van der Waals surface area contributed by atoms with Crippen LogP contribution in [0, 0.1) is 0 Å². The minimum atomic E-state index is 0. The van der Waals surface area contributed by atoms with E-state index in [2.05, 4.69) is 20.6 Å². The number of aliphatic imine (C=N–C) groups is 1. The molecule has 7 heteroatoms. The standard InChI is InChI=1S/C17H22N4O2.HI/c1-18-17(20-10-13-4-7-15(22-2)8-5-13)21-12-14-6-9-16(23-3)19-11-14;/h4-9,11H,10,12H2,1-3H3,(H2,18,20,21);1H. The molecule has 0 saturated carbocycles. The molecular formula is C17H23IN4O2. The first kappa shape index (κ1) is 20.0. The number of guanidine groups is 1. The van der Waals surface area contributed by atoms with E-state index < -0.39 is 0 Å². The quantitative estimate of drug-likeness (QED) is 0.409. The molecular weight excluding hydrogens is 419 g/mol. The monoisotopic (exact) mass is 442 g/mol. The molecule has 0 radical (unpaired) electrons. The van der Waals surface area contributed by atoms with Crippen molar-refractivity contribution in [2.45, 2.75) is 13.1 Å². The molecule has 130 valence electrons. The Bertz CT molecular complexity index is 577. The third-order valence-electron chi connectivity index (χ3n) is 3.31. The summed E-state index contributed by atoms with van der Waals surface area (Å²) < 4.78 is 10.2. The summed E-state index contributed by atoms with van der Waals surface area (Å²) in [6, 6.07) is 11.7. The fourth-order valence-corrected chi connectivity index (χ4v) is 1.97. The molecule has 0 spiro atoms. The van der Waals surface area contributed by atoms with E-state index in [4.69, 9.17) is 9.47 Å². The lowest BCUT2D eigenvalue weighted by molar-refractivity contribution is 0.397. The Morgan fingerprint density at radius 2 is 1.58 bits per heavy atom. The summed E-state index contributed by atoms with van der Waals surface area (Å²) in [5.41, 5.74) is 2.21. The van der Waals surface area contributed by atoms with E-state index in [1.807, 2.05) is 36.4 Å². The SMILES string of the molecule is CN=C(NCc1ccc(OC)cc1)NCc1ccc(OC)nc1.I. The van der Waals surface area contributed by atoms with Crippen LogP contribution in [-0.4, -0.2) is 32.2 Å². The summed E-state index contributed by atoms with van der Waals surface area (Å²) in [5, 5.41) is 6.52. The Balaban J connectivity index is 0.00000288. The number of rotatable bonds is 6. The molecule has 2 aromatic rings. The molecule has 0 saturated heterocycles. The molecule has 0 aliphatic heterocycles. The Hall–Kier alpha value is -2.03. The number of nitrogens with one attached hydrogen (secondary N) is 2. The number of methoxy groups -OCH3 is 2. The van der Waals surface area contributed by atoms with E-state index in [0.29, 0.717) is 19.0 Å². The molecule has 1 aromatic carbocycles. The lowest BCUT2D eigenvalue weighted by Crippen LogP contribution is -2.36. The number of pyridine rings is 1. The second-order valence-corrected chi connectivity index (χ2v) is 4.84. The summed E-state index contributed by atoms with van der Waals surface area (Å²) in [6.07, 6.45) is 1.78. The fraction of sp³-hybridized carbons (Fsp3) is 0.294. The zero-order valence-electron chi connectivity index (χ0n) is 14.1. The first-order chi connectivity index (χ1) is 11.2. The highest BCUT2D eigenvalue weighted by Gasteiger charge is 2.00. The molecule has 2 N–H and O–H groups in total. The van der Waals surface area contributed by atoms with Gasteiger partial charge in [0.2, 0.25) is 5.88 Å². The van der Waals surface area contributed by atoms with E-state index in [-0.39, 0.29) is 24.0 Å². The summed E-state index contributed by atoms with van der Waals surface area (Å²) in [6.45, 7) is 1.32. The van der Waals surface area contributed by atoms with Crippen molar-refractivity contribution in [1.82, 2.24) is 15.6 Å². The molecule has 0 aliphatic carbocycles. The number of aromatic nitrogens is 1. The van der Waals surface area contributed by atoms with Crippen LogP contribution in [-0.2, 0) is 13.1 Å². The van der Waals surface area contributed by atoms with Gasteiger partial charge in [0, 0.05) is 32.4 Å². The molecule has 1 heterocycles. The third-order valence-corrected chi connectivity index (χ3v) is 3.31. The van der Waals surface area contributed by atoms with E-state index in [9.17, 15) is 0 Å². The van der Waals surface area contributed by atoms with Crippen molar-refractivity contribution < 1.29 is 9.47 Å². The largest absolute Gasteiger partial charge is 0.497 e. The molecule has 1 aromatic heterocycles. The fourth-order valence-electron chi connectivity index (χ4n) is 1.97. The van der Waals surface area contributed by atoms with Crippen molar-refractivity contribution in [2.24, 2.45) is 4.99 Å². The minimum absolute atomic E-state index is 0. The van der Waals surface area contributed by atoms with Crippen molar-refractivity contribution in [1.29, 1.82) is 0 Å². The Labute approximate surface area is 159 Å². The number of halogens is 1. The van der Waals surface area contributed by atoms with Gasteiger partial charge in [-0.15, -0.1) is 24.0 Å². The summed E-state index contributed by atoms with van der Waals surface area (Å²) in [4.78, 5) is 8.39. The van der Waals surface area contributed by atoms with Gasteiger partial charge < -0.3 is 20.1 Å². The van der Waals surface area contributed by atoms with Gasteiger partial charge in [0.25, 0.3) is 0 Å². The zero-order valence-corrected chi connectivity index (χ0v) is 16.4. The predicted octanol–water partition coefficient (Wildman–Crippen LogP) is 2.58. The van der Waals surface area contributed by atoms with Crippen LogP contribution in [0.3, 0.4) is 0 Å². The number of nitrogens with zero attached hydrogens (tertiary/aromatic N) is 2. The van der Waals surface area contributed by atoms with E-state index in [1.54, 1.807) is 27.5 Å². The van der Waals surface area contributed by atoms with E-state index in [0.717, 1.165) is 22.8 Å². The molecule has 0 atom stereocenters. The normalized spacial score (nSPS) is 10.5. The topological polar surface area (TPSA) is 67.8 Å². The van der Waals surface area contributed by atoms with Crippen molar-refractivity contribution in [3.05, 3.63) is 53.7 Å². The molecule has 0 unspecified atom stereocenters. The van der Waals surface area contributed by atoms with Gasteiger partial charge in [-0.1, -0.05) is 18.2 Å². The summed E-state index contributed by atoms with van der Waals surface area (Å²) in [7, 11) is 5.01. The van der Waals surface area contributed by atoms with Crippen LogP contribution in [0.2, 0.25) is 0 Å². The van der Waals surface area contributed by atoms with Gasteiger partial charge in [-0.3, -0.25) is 4.99 Å². The van der Waals surface area contributed by atoms with Gasteiger partial charge in [0.1, 0.15) is 5.75 Å².